The van der Waals surface area contributed by atoms with Crippen molar-refractivity contribution in [3.05, 3.63) is 34.9 Å². The van der Waals surface area contributed by atoms with Crippen molar-refractivity contribution in [2.45, 2.75) is 98.9 Å². The summed E-state index contributed by atoms with van der Waals surface area (Å²) in [6, 6.07) is 6.47. The van der Waals surface area contributed by atoms with Crippen molar-refractivity contribution in [2.75, 3.05) is 39.6 Å². The molecule has 6 heteroatoms. The monoisotopic (exact) mass is 504 g/mol. The molecule has 36 heavy (non-hydrogen) atoms. The van der Waals surface area contributed by atoms with Crippen LogP contribution >= 0.6 is 0 Å². The third kappa shape index (κ3) is 5.41. The highest BCUT2D eigenvalue weighted by atomic mass is 16.5. The van der Waals surface area contributed by atoms with Crippen LogP contribution in [0.1, 0.15) is 77.5 Å². The van der Waals surface area contributed by atoms with Crippen molar-refractivity contribution in [2.24, 2.45) is 16.2 Å². The van der Waals surface area contributed by atoms with E-state index in [2.05, 4.69) is 59.7 Å². The first-order valence-corrected chi connectivity index (χ1v) is 14.0. The maximum atomic E-state index is 6.53. The fraction of sp³-hybridized carbons (Fsp3) is 0.800. The molecule has 0 aliphatic carbocycles. The van der Waals surface area contributed by atoms with Crippen molar-refractivity contribution < 1.29 is 28.4 Å². The van der Waals surface area contributed by atoms with Crippen molar-refractivity contribution in [1.82, 2.24) is 0 Å². The first-order chi connectivity index (χ1) is 17.3. The largest absolute Gasteiger partial charge is 0.380 e. The lowest BCUT2D eigenvalue weighted by Crippen LogP contribution is -2.51. The van der Waals surface area contributed by atoms with Gasteiger partial charge in [0.2, 0.25) is 0 Å². The van der Waals surface area contributed by atoms with Crippen molar-refractivity contribution in [3.8, 4) is 0 Å². The Bertz CT molecular complexity index is 775. The molecule has 3 aliphatic heterocycles. The zero-order chi connectivity index (χ0) is 25.8. The lowest BCUT2D eigenvalue weighted by molar-refractivity contribution is -0.189. The molecule has 6 nitrogen and oxygen atoms in total. The number of hydrogen-bond donors (Lipinski definition) is 0. The molecule has 1 aromatic rings. The van der Waals surface area contributed by atoms with E-state index < -0.39 is 0 Å². The molecule has 204 valence electrons. The first-order valence-electron chi connectivity index (χ1n) is 14.0. The zero-order valence-electron chi connectivity index (χ0n) is 23.4. The van der Waals surface area contributed by atoms with Gasteiger partial charge in [-0.3, -0.25) is 0 Å². The Morgan fingerprint density at radius 2 is 0.944 bits per heavy atom. The highest BCUT2D eigenvalue weighted by molar-refractivity contribution is 5.34. The molecular weight excluding hydrogens is 456 g/mol. The summed E-state index contributed by atoms with van der Waals surface area (Å²) in [5, 5.41) is 0. The van der Waals surface area contributed by atoms with Crippen LogP contribution in [0.25, 0.3) is 0 Å². The standard InChI is InChI=1S/C30H48O6/c1-7-28(16-31-17-28)22(4)34-13-25-11-10-12-26(14-35-23(5)29(8-2)18-32-19-29)27(25)15-36-24(6)30(9-3)20-33-21-30/h10-12,22-24H,7-9,13-21H2,1-6H3. The van der Waals surface area contributed by atoms with Crippen LogP contribution in [-0.4, -0.2) is 58.0 Å². The van der Waals surface area contributed by atoms with Gasteiger partial charge in [-0.2, -0.15) is 0 Å². The average Bonchev–Trinajstić information content (AvgIpc) is 2.79. The molecule has 3 unspecified atom stereocenters. The minimum absolute atomic E-state index is 0.126. The van der Waals surface area contributed by atoms with Crippen molar-refractivity contribution >= 4 is 0 Å². The van der Waals surface area contributed by atoms with E-state index in [1.807, 2.05) is 0 Å². The fourth-order valence-electron chi connectivity index (χ4n) is 5.58. The van der Waals surface area contributed by atoms with E-state index in [1.165, 1.54) is 16.7 Å². The number of hydrogen-bond acceptors (Lipinski definition) is 6. The summed E-state index contributed by atoms with van der Waals surface area (Å²) in [6.07, 6.45) is 3.61. The molecule has 0 aromatic heterocycles. The van der Waals surface area contributed by atoms with Crippen LogP contribution in [0.4, 0.5) is 0 Å². The summed E-state index contributed by atoms with van der Waals surface area (Å²) in [5.74, 6) is 0. The molecular formula is C30H48O6. The van der Waals surface area contributed by atoms with Gasteiger partial charge < -0.3 is 28.4 Å². The van der Waals surface area contributed by atoms with Crippen LogP contribution < -0.4 is 0 Å². The van der Waals surface area contributed by atoms with E-state index in [9.17, 15) is 0 Å². The minimum Gasteiger partial charge on any atom is -0.380 e. The summed E-state index contributed by atoms with van der Waals surface area (Å²) in [7, 11) is 0. The molecule has 0 N–H and O–H groups in total. The van der Waals surface area contributed by atoms with Crippen LogP contribution in [0, 0.1) is 16.2 Å². The first kappa shape index (κ1) is 28.0. The molecule has 0 amide bonds. The van der Waals surface area contributed by atoms with E-state index in [1.54, 1.807) is 0 Å². The third-order valence-corrected chi connectivity index (χ3v) is 9.86. The molecule has 0 saturated carbocycles. The molecule has 3 fully saturated rings. The van der Waals surface area contributed by atoms with Gasteiger partial charge in [0, 0.05) is 16.2 Å². The smallest absolute Gasteiger partial charge is 0.0727 e. The van der Waals surface area contributed by atoms with Gasteiger partial charge in [-0.05, 0) is 56.7 Å². The Morgan fingerprint density at radius 1 is 0.611 bits per heavy atom. The molecule has 3 heterocycles. The summed E-state index contributed by atoms with van der Waals surface area (Å²) < 4.78 is 36.1. The molecule has 3 saturated heterocycles. The molecule has 0 bridgehead atoms. The van der Waals surface area contributed by atoms with Crippen LogP contribution in [-0.2, 0) is 48.2 Å². The molecule has 0 radical (unpaired) electrons. The number of rotatable bonds is 15. The van der Waals surface area contributed by atoms with Gasteiger partial charge >= 0.3 is 0 Å². The van der Waals surface area contributed by atoms with Gasteiger partial charge in [-0.1, -0.05) is 39.0 Å². The van der Waals surface area contributed by atoms with Gasteiger partial charge in [0.05, 0.1) is 77.8 Å². The summed E-state index contributed by atoms with van der Waals surface area (Å²) in [5.41, 5.74) is 3.96. The minimum atomic E-state index is 0.126. The number of ether oxygens (including phenoxy) is 6. The van der Waals surface area contributed by atoms with E-state index in [4.69, 9.17) is 28.4 Å². The van der Waals surface area contributed by atoms with Crippen LogP contribution in [0.5, 0.6) is 0 Å². The second-order valence-corrected chi connectivity index (χ2v) is 11.5. The van der Waals surface area contributed by atoms with Gasteiger partial charge in [0.15, 0.2) is 0 Å². The predicted molar refractivity (Wildman–Crippen MR) is 140 cm³/mol. The normalized spacial score (nSPS) is 24.2. The average molecular weight is 505 g/mol. The summed E-state index contributed by atoms with van der Waals surface area (Å²) in [4.78, 5) is 0. The van der Waals surface area contributed by atoms with Crippen LogP contribution in [0.2, 0.25) is 0 Å². The Labute approximate surface area is 218 Å². The van der Waals surface area contributed by atoms with Crippen molar-refractivity contribution in [3.63, 3.8) is 0 Å². The Kier molecular flexibility index (Phi) is 9.17. The van der Waals surface area contributed by atoms with Gasteiger partial charge in [-0.25, -0.2) is 0 Å². The zero-order valence-corrected chi connectivity index (χ0v) is 23.4. The van der Waals surface area contributed by atoms with Gasteiger partial charge in [-0.15, -0.1) is 0 Å². The Hall–Kier alpha value is -1.02. The fourth-order valence-corrected chi connectivity index (χ4v) is 5.58. The van der Waals surface area contributed by atoms with Crippen LogP contribution in [0.3, 0.4) is 0 Å². The van der Waals surface area contributed by atoms with Gasteiger partial charge in [0.25, 0.3) is 0 Å². The van der Waals surface area contributed by atoms with E-state index in [0.717, 1.165) is 58.9 Å². The third-order valence-electron chi connectivity index (χ3n) is 9.86. The van der Waals surface area contributed by atoms with Gasteiger partial charge in [0.1, 0.15) is 0 Å². The van der Waals surface area contributed by atoms with Crippen LogP contribution in [0.15, 0.2) is 18.2 Å². The lowest BCUT2D eigenvalue weighted by Gasteiger charge is -2.45. The summed E-state index contributed by atoms with van der Waals surface area (Å²) in [6.45, 7) is 19.6. The molecule has 0 spiro atoms. The SMILES string of the molecule is CCC1(C(C)OCc2cccc(COC(C)C3(CC)COC3)c2COC(C)C2(CC)COC2)COC1. The maximum Gasteiger partial charge on any atom is 0.0727 e. The van der Waals surface area contributed by atoms with E-state index in [0.29, 0.717) is 19.8 Å². The summed E-state index contributed by atoms with van der Waals surface area (Å²) >= 11 is 0. The number of benzene rings is 1. The quantitative estimate of drug-likeness (QED) is 0.306. The second-order valence-electron chi connectivity index (χ2n) is 11.5. The Morgan fingerprint density at radius 3 is 1.22 bits per heavy atom. The highest BCUT2D eigenvalue weighted by Gasteiger charge is 2.44. The molecule has 1 aromatic carbocycles. The Balaban J connectivity index is 1.47. The molecule has 3 aliphatic rings. The lowest BCUT2D eigenvalue weighted by atomic mass is 9.78. The van der Waals surface area contributed by atoms with Crippen molar-refractivity contribution in [1.29, 1.82) is 0 Å². The predicted octanol–water partition coefficient (Wildman–Crippen LogP) is 5.68. The topological polar surface area (TPSA) is 55.4 Å². The maximum absolute atomic E-state index is 6.53. The van der Waals surface area contributed by atoms with E-state index >= 15 is 0 Å². The second kappa shape index (κ2) is 11.8. The molecule has 4 rings (SSSR count). The van der Waals surface area contributed by atoms with E-state index in [-0.39, 0.29) is 34.6 Å². The highest BCUT2D eigenvalue weighted by Crippen LogP contribution is 2.39. The molecule has 3 atom stereocenters.